The Bertz CT molecular complexity index is 1180. The first-order valence-corrected chi connectivity index (χ1v) is 14.3. The largest absolute Gasteiger partial charge is 0.507 e. The zero-order chi connectivity index (χ0) is 29.1. The molecule has 0 aliphatic carbocycles. The number of likely N-dealkylation sites (tertiary alicyclic amines) is 1. The summed E-state index contributed by atoms with van der Waals surface area (Å²) in [6, 6.07) is 11.7. The fraction of sp³-hybridized carbons (Fsp3) is 0.500. The minimum absolute atomic E-state index is 0.0548. The molecule has 1 amide bonds. The van der Waals surface area contributed by atoms with Crippen molar-refractivity contribution < 1.29 is 28.9 Å². The number of carbonyl (C=O) groups excluding carboxylic acids is 2. The van der Waals surface area contributed by atoms with E-state index in [0.717, 1.165) is 38.6 Å². The van der Waals surface area contributed by atoms with Crippen molar-refractivity contribution in [1.29, 1.82) is 0 Å². The Labute approximate surface area is 238 Å². The van der Waals surface area contributed by atoms with Gasteiger partial charge < -0.3 is 29.1 Å². The molecule has 3 rings (SSSR count). The summed E-state index contributed by atoms with van der Waals surface area (Å²) in [5, 5.41) is 11.5. The molecule has 8 heteroatoms. The van der Waals surface area contributed by atoms with Crippen molar-refractivity contribution in [2.75, 3.05) is 47.5 Å². The van der Waals surface area contributed by atoms with E-state index in [-0.39, 0.29) is 11.3 Å². The molecule has 0 bridgehead atoms. The molecule has 1 N–H and O–H groups in total. The van der Waals surface area contributed by atoms with Gasteiger partial charge in [0.15, 0.2) is 11.5 Å². The van der Waals surface area contributed by atoms with Gasteiger partial charge in [-0.25, -0.2) is 0 Å². The van der Waals surface area contributed by atoms with Crippen LogP contribution in [0.3, 0.4) is 0 Å². The van der Waals surface area contributed by atoms with Gasteiger partial charge in [0.25, 0.3) is 11.7 Å². The minimum atomic E-state index is -0.769. The van der Waals surface area contributed by atoms with E-state index in [4.69, 9.17) is 14.2 Å². The lowest BCUT2D eigenvalue weighted by molar-refractivity contribution is -0.139. The molecule has 1 heterocycles. The van der Waals surface area contributed by atoms with Gasteiger partial charge in [-0.2, -0.15) is 0 Å². The van der Waals surface area contributed by atoms with Gasteiger partial charge >= 0.3 is 0 Å². The number of methoxy groups -OCH3 is 1. The lowest BCUT2D eigenvalue weighted by Gasteiger charge is -2.26. The van der Waals surface area contributed by atoms with Crippen LogP contribution in [0, 0.1) is 0 Å². The summed E-state index contributed by atoms with van der Waals surface area (Å²) in [5.41, 5.74) is 1.14. The molecule has 0 spiro atoms. The van der Waals surface area contributed by atoms with Crippen LogP contribution in [0.25, 0.3) is 5.76 Å². The molecule has 0 aromatic heterocycles. The lowest BCUT2D eigenvalue weighted by atomic mass is 9.95. The van der Waals surface area contributed by atoms with Gasteiger partial charge in [0, 0.05) is 12.1 Å². The first-order valence-electron chi connectivity index (χ1n) is 14.3. The van der Waals surface area contributed by atoms with Crippen LogP contribution in [0.15, 0.2) is 48.0 Å². The fourth-order valence-corrected chi connectivity index (χ4v) is 4.75. The molecule has 1 aliphatic heterocycles. The van der Waals surface area contributed by atoms with Gasteiger partial charge in [0.05, 0.1) is 31.9 Å². The summed E-state index contributed by atoms with van der Waals surface area (Å²) in [6.45, 7) is 6.47. The highest BCUT2D eigenvalue weighted by Crippen LogP contribution is 2.42. The standard InChI is InChI=1S/C32H44N2O6/c1-6-8-10-20-40-26-16-15-23(22-27(26)38-5)29-28(31(36)32(37)34(29)18-12-17-33(3)4)30(35)24-13-11-14-25(21-24)39-19-9-7-2/h11,13-16,21-22,29,35H,6-10,12,17-20H2,1-5H3. The number of hydrogen-bond acceptors (Lipinski definition) is 7. The van der Waals surface area contributed by atoms with Crippen molar-refractivity contribution in [1.82, 2.24) is 9.80 Å². The highest BCUT2D eigenvalue weighted by atomic mass is 16.5. The van der Waals surface area contributed by atoms with Crippen molar-refractivity contribution in [2.45, 2.75) is 58.4 Å². The molecule has 0 saturated carbocycles. The van der Waals surface area contributed by atoms with E-state index in [9.17, 15) is 14.7 Å². The third-order valence-electron chi connectivity index (χ3n) is 6.93. The van der Waals surface area contributed by atoms with E-state index in [1.807, 2.05) is 37.2 Å². The maximum absolute atomic E-state index is 13.4. The third kappa shape index (κ3) is 7.78. The van der Waals surface area contributed by atoms with Crippen LogP contribution in [0.4, 0.5) is 0 Å². The number of ether oxygens (including phenoxy) is 3. The van der Waals surface area contributed by atoms with Crippen LogP contribution in [0.5, 0.6) is 17.2 Å². The number of nitrogens with zero attached hydrogens (tertiary/aromatic N) is 2. The molecule has 2 aromatic carbocycles. The Balaban J connectivity index is 2.03. The van der Waals surface area contributed by atoms with Crippen LogP contribution in [-0.2, 0) is 9.59 Å². The van der Waals surface area contributed by atoms with Crippen molar-refractivity contribution >= 4 is 17.4 Å². The Morgan fingerprint density at radius 1 is 0.925 bits per heavy atom. The fourth-order valence-electron chi connectivity index (χ4n) is 4.75. The Morgan fingerprint density at radius 2 is 1.68 bits per heavy atom. The molecule has 218 valence electrons. The number of Topliss-reactive ketones (excluding diaryl/α,β-unsaturated/α-hetero) is 1. The van der Waals surface area contributed by atoms with E-state index in [1.54, 1.807) is 36.3 Å². The SMILES string of the molecule is CCCCCOc1ccc(C2C(=C(O)c3cccc(OCCCC)c3)C(=O)C(=O)N2CCCN(C)C)cc1OC. The van der Waals surface area contributed by atoms with Gasteiger partial charge in [-0.05, 0) is 69.7 Å². The summed E-state index contributed by atoms with van der Waals surface area (Å²) in [7, 11) is 5.49. The molecular weight excluding hydrogens is 508 g/mol. The number of amides is 1. The molecule has 1 aliphatic rings. The highest BCUT2D eigenvalue weighted by Gasteiger charge is 2.46. The molecule has 8 nitrogen and oxygen atoms in total. The number of rotatable bonds is 16. The Hall–Kier alpha value is -3.52. The normalized spacial score (nSPS) is 16.6. The molecule has 40 heavy (non-hydrogen) atoms. The molecule has 2 aromatic rings. The van der Waals surface area contributed by atoms with E-state index in [0.29, 0.717) is 54.6 Å². The van der Waals surface area contributed by atoms with Crippen LogP contribution in [0.2, 0.25) is 0 Å². The number of carbonyl (C=O) groups is 2. The van der Waals surface area contributed by atoms with Crippen molar-refractivity contribution in [3.63, 3.8) is 0 Å². The monoisotopic (exact) mass is 552 g/mol. The summed E-state index contributed by atoms with van der Waals surface area (Å²) in [6.07, 6.45) is 5.70. The number of hydrogen-bond donors (Lipinski definition) is 1. The molecule has 1 unspecified atom stereocenters. The van der Waals surface area contributed by atoms with E-state index < -0.39 is 17.7 Å². The quantitative estimate of drug-likeness (QED) is 0.122. The van der Waals surface area contributed by atoms with Crippen molar-refractivity contribution in [3.8, 4) is 17.2 Å². The Morgan fingerprint density at radius 3 is 2.38 bits per heavy atom. The summed E-state index contributed by atoms with van der Waals surface area (Å²) < 4.78 is 17.4. The van der Waals surface area contributed by atoms with Crippen LogP contribution >= 0.6 is 0 Å². The second-order valence-electron chi connectivity index (χ2n) is 10.3. The first-order chi connectivity index (χ1) is 19.3. The number of aliphatic hydroxyl groups excluding tert-OH is 1. The van der Waals surface area contributed by atoms with E-state index in [2.05, 4.69) is 13.8 Å². The van der Waals surface area contributed by atoms with Gasteiger partial charge in [-0.3, -0.25) is 9.59 Å². The maximum atomic E-state index is 13.4. The summed E-state index contributed by atoms with van der Waals surface area (Å²) >= 11 is 0. The highest BCUT2D eigenvalue weighted by molar-refractivity contribution is 6.46. The van der Waals surface area contributed by atoms with Crippen molar-refractivity contribution in [3.05, 3.63) is 59.2 Å². The first kappa shape index (κ1) is 31.0. The van der Waals surface area contributed by atoms with Gasteiger partial charge in [0.2, 0.25) is 0 Å². The topological polar surface area (TPSA) is 88.5 Å². The predicted octanol–water partition coefficient (Wildman–Crippen LogP) is 5.82. The maximum Gasteiger partial charge on any atom is 0.295 e. The predicted molar refractivity (Wildman–Crippen MR) is 157 cm³/mol. The number of benzene rings is 2. The molecule has 1 fully saturated rings. The summed E-state index contributed by atoms with van der Waals surface area (Å²) in [4.78, 5) is 30.3. The average molecular weight is 553 g/mol. The Kier molecular flexibility index (Phi) is 11.9. The van der Waals surface area contributed by atoms with E-state index in [1.165, 1.54) is 0 Å². The smallest absolute Gasteiger partial charge is 0.295 e. The summed E-state index contributed by atoms with van der Waals surface area (Å²) in [5.74, 6) is 0.157. The average Bonchev–Trinajstić information content (AvgIpc) is 3.20. The molecule has 1 saturated heterocycles. The number of ketones is 1. The van der Waals surface area contributed by atoms with Gasteiger partial charge in [-0.1, -0.05) is 51.3 Å². The van der Waals surface area contributed by atoms with Gasteiger partial charge in [0.1, 0.15) is 11.5 Å². The lowest BCUT2D eigenvalue weighted by Crippen LogP contribution is -2.32. The zero-order valence-corrected chi connectivity index (χ0v) is 24.6. The van der Waals surface area contributed by atoms with E-state index >= 15 is 0 Å². The van der Waals surface area contributed by atoms with Crippen LogP contribution in [0.1, 0.15) is 69.5 Å². The van der Waals surface area contributed by atoms with Gasteiger partial charge in [-0.15, -0.1) is 0 Å². The second-order valence-corrected chi connectivity index (χ2v) is 10.3. The zero-order valence-electron chi connectivity index (χ0n) is 24.6. The third-order valence-corrected chi connectivity index (χ3v) is 6.93. The number of aliphatic hydroxyl groups is 1. The number of unbranched alkanes of at least 4 members (excludes halogenated alkanes) is 3. The van der Waals surface area contributed by atoms with Crippen LogP contribution in [-0.4, -0.2) is 74.1 Å². The second kappa shape index (κ2) is 15.3. The van der Waals surface area contributed by atoms with Crippen LogP contribution < -0.4 is 14.2 Å². The molecule has 0 radical (unpaired) electrons. The molecular formula is C32H44N2O6. The minimum Gasteiger partial charge on any atom is -0.507 e. The van der Waals surface area contributed by atoms with Crippen molar-refractivity contribution in [2.24, 2.45) is 0 Å². The molecule has 1 atom stereocenters.